The first kappa shape index (κ1) is 16.2. The zero-order valence-electron chi connectivity index (χ0n) is 12.9. The maximum atomic E-state index is 4.20. The highest BCUT2D eigenvalue weighted by molar-refractivity contribution is 4.93. The summed E-state index contributed by atoms with van der Waals surface area (Å²) in [4.78, 5) is 0. The van der Waals surface area contributed by atoms with Crippen LogP contribution in [-0.2, 0) is 13.0 Å². The summed E-state index contributed by atoms with van der Waals surface area (Å²) < 4.78 is 2.09. The Balaban J connectivity index is 2.17. The van der Waals surface area contributed by atoms with Crippen molar-refractivity contribution in [2.45, 2.75) is 65.3 Å². The van der Waals surface area contributed by atoms with Crippen molar-refractivity contribution in [1.82, 2.24) is 20.3 Å². The standard InChI is InChI=1S/C15H30N4/c1-14(2)9-5-4-8-12-19-15(13-17-18-19)10-6-7-11-16-3/h13-14,16H,4-12H2,1-3H3. The van der Waals surface area contributed by atoms with E-state index < -0.39 is 0 Å². The fraction of sp³-hybridized carbons (Fsp3) is 0.867. The van der Waals surface area contributed by atoms with Gasteiger partial charge in [0.15, 0.2) is 0 Å². The second kappa shape index (κ2) is 9.96. The van der Waals surface area contributed by atoms with E-state index in [0.29, 0.717) is 0 Å². The lowest BCUT2D eigenvalue weighted by molar-refractivity contribution is 0.477. The smallest absolute Gasteiger partial charge is 0.0725 e. The van der Waals surface area contributed by atoms with Gasteiger partial charge < -0.3 is 5.32 Å². The summed E-state index contributed by atoms with van der Waals surface area (Å²) in [6.45, 7) is 6.71. The Morgan fingerprint density at radius 3 is 2.74 bits per heavy atom. The monoisotopic (exact) mass is 266 g/mol. The molecular weight excluding hydrogens is 236 g/mol. The average Bonchev–Trinajstić information content (AvgIpc) is 2.81. The number of aromatic nitrogens is 3. The minimum Gasteiger partial charge on any atom is -0.320 e. The average molecular weight is 266 g/mol. The number of unbranched alkanes of at least 4 members (excludes halogenated alkanes) is 3. The summed E-state index contributed by atoms with van der Waals surface area (Å²) in [7, 11) is 2.00. The number of nitrogens with one attached hydrogen (secondary N) is 1. The van der Waals surface area contributed by atoms with Crippen LogP contribution in [0.25, 0.3) is 0 Å². The van der Waals surface area contributed by atoms with Gasteiger partial charge in [0.25, 0.3) is 0 Å². The summed E-state index contributed by atoms with van der Waals surface area (Å²) in [5.74, 6) is 0.828. The van der Waals surface area contributed by atoms with Crippen LogP contribution >= 0.6 is 0 Å². The van der Waals surface area contributed by atoms with Crippen LogP contribution < -0.4 is 5.32 Å². The molecule has 0 spiro atoms. The van der Waals surface area contributed by atoms with Gasteiger partial charge in [-0.25, -0.2) is 4.68 Å². The van der Waals surface area contributed by atoms with Crippen molar-refractivity contribution in [2.75, 3.05) is 13.6 Å². The van der Waals surface area contributed by atoms with Gasteiger partial charge in [0.2, 0.25) is 0 Å². The Hall–Kier alpha value is -0.900. The molecule has 19 heavy (non-hydrogen) atoms. The van der Waals surface area contributed by atoms with Gasteiger partial charge in [-0.1, -0.05) is 38.3 Å². The quantitative estimate of drug-likeness (QED) is 0.626. The van der Waals surface area contributed by atoms with E-state index in [9.17, 15) is 0 Å². The van der Waals surface area contributed by atoms with E-state index in [1.54, 1.807) is 0 Å². The molecule has 0 aliphatic heterocycles. The first-order valence-electron chi connectivity index (χ1n) is 7.76. The normalized spacial score (nSPS) is 11.4. The highest BCUT2D eigenvalue weighted by Crippen LogP contribution is 2.10. The topological polar surface area (TPSA) is 42.7 Å². The molecule has 0 aliphatic carbocycles. The molecule has 0 radical (unpaired) electrons. The minimum atomic E-state index is 0.828. The lowest BCUT2D eigenvalue weighted by atomic mass is 10.1. The molecule has 0 amide bonds. The number of aryl methyl sites for hydroxylation is 2. The van der Waals surface area contributed by atoms with Crippen LogP contribution in [0.2, 0.25) is 0 Å². The Kier molecular flexibility index (Phi) is 8.47. The third-order valence-corrected chi connectivity index (χ3v) is 3.46. The molecule has 0 saturated carbocycles. The molecule has 0 unspecified atom stereocenters. The molecule has 4 heteroatoms. The van der Waals surface area contributed by atoms with Crippen molar-refractivity contribution in [3.63, 3.8) is 0 Å². The van der Waals surface area contributed by atoms with E-state index in [2.05, 4.69) is 34.2 Å². The Morgan fingerprint density at radius 2 is 2.00 bits per heavy atom. The van der Waals surface area contributed by atoms with Crippen molar-refractivity contribution in [2.24, 2.45) is 5.92 Å². The van der Waals surface area contributed by atoms with Crippen LogP contribution in [-0.4, -0.2) is 28.6 Å². The van der Waals surface area contributed by atoms with Gasteiger partial charge in [-0.3, -0.25) is 0 Å². The molecule has 1 rings (SSSR count). The first-order valence-corrected chi connectivity index (χ1v) is 7.76. The van der Waals surface area contributed by atoms with Crippen molar-refractivity contribution in [1.29, 1.82) is 0 Å². The van der Waals surface area contributed by atoms with Crippen LogP contribution in [0.1, 0.15) is 58.1 Å². The lowest BCUT2D eigenvalue weighted by Gasteiger charge is -2.07. The molecule has 1 aromatic rings. The maximum Gasteiger partial charge on any atom is 0.0725 e. The molecule has 0 saturated heterocycles. The van der Waals surface area contributed by atoms with Crippen molar-refractivity contribution >= 4 is 0 Å². The summed E-state index contributed by atoms with van der Waals surface area (Å²) in [6, 6.07) is 0. The molecule has 0 atom stereocenters. The molecule has 110 valence electrons. The zero-order valence-corrected chi connectivity index (χ0v) is 12.9. The number of hydrogen-bond acceptors (Lipinski definition) is 3. The van der Waals surface area contributed by atoms with Crippen LogP contribution in [0.5, 0.6) is 0 Å². The second-order valence-electron chi connectivity index (χ2n) is 5.75. The molecule has 0 fully saturated rings. The molecule has 0 bridgehead atoms. The largest absolute Gasteiger partial charge is 0.320 e. The van der Waals surface area contributed by atoms with E-state index >= 15 is 0 Å². The Morgan fingerprint density at radius 1 is 1.16 bits per heavy atom. The summed E-state index contributed by atoms with van der Waals surface area (Å²) in [5, 5.41) is 11.4. The van der Waals surface area contributed by atoms with Crippen molar-refractivity contribution < 1.29 is 0 Å². The first-order chi connectivity index (χ1) is 9.24. The maximum absolute atomic E-state index is 4.20. The van der Waals surface area contributed by atoms with Gasteiger partial charge >= 0.3 is 0 Å². The SMILES string of the molecule is CNCCCCc1cnnn1CCCCCC(C)C. The number of nitrogens with zero attached hydrogens (tertiary/aromatic N) is 3. The van der Waals surface area contributed by atoms with Gasteiger partial charge in [-0.2, -0.15) is 0 Å². The van der Waals surface area contributed by atoms with Crippen LogP contribution in [0.4, 0.5) is 0 Å². The third-order valence-electron chi connectivity index (χ3n) is 3.46. The molecule has 1 aromatic heterocycles. The highest BCUT2D eigenvalue weighted by atomic mass is 15.4. The molecule has 0 aliphatic rings. The third kappa shape index (κ3) is 7.31. The van der Waals surface area contributed by atoms with Crippen LogP contribution in [0.15, 0.2) is 6.20 Å². The second-order valence-corrected chi connectivity index (χ2v) is 5.75. The van der Waals surface area contributed by atoms with Crippen molar-refractivity contribution in [3.8, 4) is 0 Å². The fourth-order valence-corrected chi connectivity index (χ4v) is 2.26. The van der Waals surface area contributed by atoms with Crippen LogP contribution in [0.3, 0.4) is 0 Å². The van der Waals surface area contributed by atoms with E-state index in [4.69, 9.17) is 0 Å². The Labute approximate surface area is 118 Å². The van der Waals surface area contributed by atoms with Gasteiger partial charge in [-0.15, -0.1) is 5.10 Å². The van der Waals surface area contributed by atoms with E-state index in [1.165, 1.54) is 44.2 Å². The molecule has 0 aromatic carbocycles. The van der Waals surface area contributed by atoms with Gasteiger partial charge in [-0.05, 0) is 45.2 Å². The van der Waals surface area contributed by atoms with Gasteiger partial charge in [0.05, 0.1) is 11.9 Å². The lowest BCUT2D eigenvalue weighted by Crippen LogP contribution is -2.09. The van der Waals surface area contributed by atoms with E-state index in [1.807, 2.05) is 13.2 Å². The molecule has 4 nitrogen and oxygen atoms in total. The summed E-state index contributed by atoms with van der Waals surface area (Å²) in [6.07, 6.45) is 10.7. The summed E-state index contributed by atoms with van der Waals surface area (Å²) in [5.41, 5.74) is 1.29. The van der Waals surface area contributed by atoms with Gasteiger partial charge in [0, 0.05) is 6.54 Å². The molecule has 1 heterocycles. The highest BCUT2D eigenvalue weighted by Gasteiger charge is 2.03. The fourth-order valence-electron chi connectivity index (χ4n) is 2.26. The summed E-state index contributed by atoms with van der Waals surface area (Å²) >= 11 is 0. The molecule has 1 N–H and O–H groups in total. The predicted octanol–water partition coefficient (Wildman–Crippen LogP) is 3.04. The van der Waals surface area contributed by atoms with Crippen molar-refractivity contribution in [3.05, 3.63) is 11.9 Å². The predicted molar refractivity (Wildman–Crippen MR) is 80.2 cm³/mol. The number of rotatable bonds is 11. The molecular formula is C15H30N4. The zero-order chi connectivity index (χ0) is 13.9. The Bertz CT molecular complexity index is 320. The van der Waals surface area contributed by atoms with Crippen LogP contribution in [0, 0.1) is 5.92 Å². The van der Waals surface area contributed by atoms with Gasteiger partial charge in [0.1, 0.15) is 0 Å². The minimum absolute atomic E-state index is 0.828. The number of hydrogen-bond donors (Lipinski definition) is 1. The van der Waals surface area contributed by atoms with E-state index in [-0.39, 0.29) is 0 Å². The van der Waals surface area contributed by atoms with E-state index in [0.717, 1.165) is 25.4 Å².